The number of ether oxygens (including phenoxy) is 2. The largest absolute Gasteiger partial charge is 0.490 e. The molecule has 0 fully saturated rings. The van der Waals surface area contributed by atoms with E-state index in [0.717, 1.165) is 4.47 Å². The van der Waals surface area contributed by atoms with Crippen LogP contribution in [-0.4, -0.2) is 24.3 Å². The van der Waals surface area contributed by atoms with Crippen LogP contribution in [0.3, 0.4) is 0 Å². The molecule has 0 saturated heterocycles. The van der Waals surface area contributed by atoms with Crippen LogP contribution in [0.15, 0.2) is 46.9 Å². The topological polar surface area (TPSA) is 55.8 Å². The Morgan fingerprint density at radius 3 is 2.62 bits per heavy atom. The van der Waals surface area contributed by atoms with Crippen LogP contribution in [0.5, 0.6) is 11.5 Å². The molecule has 0 amide bonds. The van der Waals surface area contributed by atoms with Gasteiger partial charge >= 0.3 is 5.97 Å². The van der Waals surface area contributed by atoms with Crippen LogP contribution in [0.1, 0.15) is 10.4 Å². The molecule has 2 aromatic rings. The number of hydrogen-bond donors (Lipinski definition) is 1. The smallest absolute Gasteiger partial charge is 0.335 e. The van der Waals surface area contributed by atoms with Gasteiger partial charge in [-0.1, -0.05) is 17.7 Å². The Morgan fingerprint density at radius 1 is 1.14 bits per heavy atom. The summed E-state index contributed by atoms with van der Waals surface area (Å²) in [6, 6.07) is 11.6. The predicted molar refractivity (Wildman–Crippen MR) is 83.5 cm³/mol. The molecule has 0 aliphatic rings. The molecule has 110 valence electrons. The van der Waals surface area contributed by atoms with Crippen molar-refractivity contribution in [2.75, 3.05) is 13.2 Å². The van der Waals surface area contributed by atoms with Gasteiger partial charge < -0.3 is 14.6 Å². The normalized spacial score (nSPS) is 10.2. The lowest BCUT2D eigenvalue weighted by molar-refractivity contribution is 0.0696. The highest BCUT2D eigenvalue weighted by molar-refractivity contribution is 9.10. The van der Waals surface area contributed by atoms with E-state index in [2.05, 4.69) is 15.9 Å². The summed E-state index contributed by atoms with van der Waals surface area (Å²) >= 11 is 9.19. The molecular weight excluding hydrogens is 360 g/mol. The van der Waals surface area contributed by atoms with Crippen LogP contribution in [0.25, 0.3) is 0 Å². The third-order valence-corrected chi connectivity index (χ3v) is 3.44. The van der Waals surface area contributed by atoms with E-state index in [1.165, 1.54) is 12.1 Å². The average molecular weight is 372 g/mol. The summed E-state index contributed by atoms with van der Waals surface area (Å²) in [7, 11) is 0. The number of benzene rings is 2. The van der Waals surface area contributed by atoms with E-state index >= 15 is 0 Å². The second-order valence-corrected chi connectivity index (χ2v) is 5.40. The number of halogens is 2. The minimum atomic E-state index is -0.984. The Labute approximate surface area is 135 Å². The zero-order valence-corrected chi connectivity index (χ0v) is 13.2. The van der Waals surface area contributed by atoms with Gasteiger partial charge in [0.15, 0.2) is 0 Å². The molecule has 0 aliphatic heterocycles. The highest BCUT2D eigenvalue weighted by Gasteiger charge is 2.04. The molecular formula is C15H12BrClO4. The van der Waals surface area contributed by atoms with Crippen molar-refractivity contribution in [2.45, 2.75) is 0 Å². The van der Waals surface area contributed by atoms with E-state index in [4.69, 9.17) is 26.2 Å². The van der Waals surface area contributed by atoms with Crippen molar-refractivity contribution in [1.29, 1.82) is 0 Å². The van der Waals surface area contributed by atoms with Crippen LogP contribution >= 0.6 is 27.5 Å². The molecule has 0 aliphatic carbocycles. The van der Waals surface area contributed by atoms with Crippen LogP contribution in [0.2, 0.25) is 5.02 Å². The lowest BCUT2D eigenvalue weighted by Gasteiger charge is -2.10. The minimum Gasteiger partial charge on any atom is -0.490 e. The molecule has 21 heavy (non-hydrogen) atoms. The van der Waals surface area contributed by atoms with Gasteiger partial charge in [0.2, 0.25) is 0 Å². The zero-order valence-electron chi connectivity index (χ0n) is 10.9. The summed E-state index contributed by atoms with van der Waals surface area (Å²) in [4.78, 5) is 10.8. The van der Waals surface area contributed by atoms with Crippen molar-refractivity contribution >= 4 is 33.5 Å². The Morgan fingerprint density at radius 2 is 1.90 bits per heavy atom. The molecule has 4 nitrogen and oxygen atoms in total. The number of carboxylic acids is 1. The van der Waals surface area contributed by atoms with Crippen molar-refractivity contribution < 1.29 is 19.4 Å². The van der Waals surface area contributed by atoms with Crippen molar-refractivity contribution in [2.24, 2.45) is 0 Å². The fourth-order valence-corrected chi connectivity index (χ4v) is 2.42. The van der Waals surface area contributed by atoms with Gasteiger partial charge in [0.25, 0.3) is 0 Å². The van der Waals surface area contributed by atoms with Gasteiger partial charge in [-0.2, -0.15) is 0 Å². The van der Waals surface area contributed by atoms with Crippen molar-refractivity contribution in [3.63, 3.8) is 0 Å². The second-order valence-electron chi connectivity index (χ2n) is 4.10. The first-order valence-corrected chi connectivity index (χ1v) is 7.27. The maximum atomic E-state index is 10.8. The SMILES string of the molecule is O=C(O)c1cccc(OCCOc2ccc(Cl)cc2Br)c1. The molecule has 0 bridgehead atoms. The molecule has 2 aromatic carbocycles. The van der Waals surface area contributed by atoms with Gasteiger partial charge in [0.05, 0.1) is 10.0 Å². The first-order chi connectivity index (χ1) is 10.1. The second kappa shape index (κ2) is 7.33. The van der Waals surface area contributed by atoms with Crippen molar-refractivity contribution in [1.82, 2.24) is 0 Å². The quantitative estimate of drug-likeness (QED) is 0.771. The number of rotatable bonds is 6. The number of aromatic carboxylic acids is 1. The number of carboxylic acid groups (broad SMARTS) is 1. The Bertz CT molecular complexity index is 645. The molecule has 0 radical (unpaired) electrons. The van der Waals surface area contributed by atoms with E-state index in [1.807, 2.05) is 0 Å². The first-order valence-electron chi connectivity index (χ1n) is 6.10. The van der Waals surface area contributed by atoms with Gasteiger partial charge in [-0.05, 0) is 52.3 Å². The molecule has 0 saturated carbocycles. The maximum Gasteiger partial charge on any atom is 0.335 e. The first kappa shape index (κ1) is 15.7. The van der Waals surface area contributed by atoms with E-state index in [9.17, 15) is 4.79 Å². The summed E-state index contributed by atoms with van der Waals surface area (Å²) in [6.07, 6.45) is 0. The fourth-order valence-electron chi connectivity index (χ4n) is 1.62. The highest BCUT2D eigenvalue weighted by Crippen LogP contribution is 2.27. The lowest BCUT2D eigenvalue weighted by atomic mass is 10.2. The lowest BCUT2D eigenvalue weighted by Crippen LogP contribution is -2.09. The maximum absolute atomic E-state index is 10.8. The van der Waals surface area contributed by atoms with Gasteiger partial charge in [-0.3, -0.25) is 0 Å². The average Bonchev–Trinajstić information content (AvgIpc) is 2.45. The third kappa shape index (κ3) is 4.65. The summed E-state index contributed by atoms with van der Waals surface area (Å²) in [5.74, 6) is 0.178. The minimum absolute atomic E-state index is 0.189. The van der Waals surface area contributed by atoms with Gasteiger partial charge in [0, 0.05) is 5.02 Å². The van der Waals surface area contributed by atoms with E-state index in [1.54, 1.807) is 30.3 Å². The monoisotopic (exact) mass is 370 g/mol. The predicted octanol–water partition coefficient (Wildman–Crippen LogP) is 4.26. The number of hydrogen-bond acceptors (Lipinski definition) is 3. The third-order valence-electron chi connectivity index (χ3n) is 2.58. The summed E-state index contributed by atoms with van der Waals surface area (Å²) in [6.45, 7) is 0.635. The molecule has 0 heterocycles. The molecule has 6 heteroatoms. The highest BCUT2D eigenvalue weighted by atomic mass is 79.9. The molecule has 2 rings (SSSR count). The van der Waals surface area contributed by atoms with Crippen LogP contribution in [0, 0.1) is 0 Å². The van der Waals surface area contributed by atoms with Crippen LogP contribution in [0.4, 0.5) is 0 Å². The summed E-state index contributed by atoms with van der Waals surface area (Å²) in [5, 5.41) is 9.51. The van der Waals surface area contributed by atoms with E-state index < -0.39 is 5.97 Å². The molecule has 0 spiro atoms. The Kier molecular flexibility index (Phi) is 5.47. The molecule has 0 atom stereocenters. The zero-order chi connectivity index (χ0) is 15.2. The summed E-state index contributed by atoms with van der Waals surface area (Å²) < 4.78 is 11.8. The molecule has 0 aromatic heterocycles. The molecule has 0 unspecified atom stereocenters. The van der Waals surface area contributed by atoms with E-state index in [-0.39, 0.29) is 5.56 Å². The van der Waals surface area contributed by atoms with Crippen LogP contribution < -0.4 is 9.47 Å². The van der Waals surface area contributed by atoms with Crippen LogP contribution in [-0.2, 0) is 0 Å². The van der Waals surface area contributed by atoms with Gasteiger partial charge in [-0.15, -0.1) is 0 Å². The summed E-state index contributed by atoms with van der Waals surface area (Å²) in [5.41, 5.74) is 0.189. The fraction of sp³-hybridized carbons (Fsp3) is 0.133. The molecule has 1 N–H and O–H groups in total. The van der Waals surface area contributed by atoms with Gasteiger partial charge in [0.1, 0.15) is 24.7 Å². The van der Waals surface area contributed by atoms with Crippen molar-refractivity contribution in [3.05, 3.63) is 57.5 Å². The Hall–Kier alpha value is -1.72. The standard InChI is InChI=1S/C15H12BrClO4/c16-13-9-11(17)4-5-14(13)21-7-6-20-12-3-1-2-10(8-12)15(18)19/h1-5,8-9H,6-7H2,(H,18,19). The Balaban J connectivity index is 1.84. The van der Waals surface area contributed by atoms with E-state index in [0.29, 0.717) is 29.7 Å². The van der Waals surface area contributed by atoms with Gasteiger partial charge in [-0.25, -0.2) is 4.79 Å². The van der Waals surface area contributed by atoms with Crippen molar-refractivity contribution in [3.8, 4) is 11.5 Å². The number of carbonyl (C=O) groups is 1.